The number of aliphatic hydroxyl groups excluding tert-OH is 1. The molecule has 206 valence electrons. The van der Waals surface area contributed by atoms with E-state index in [4.69, 9.17) is 9.47 Å². The number of rotatable bonds is 3. The fourth-order valence-electron chi connectivity index (χ4n) is 5.12. The average Bonchev–Trinajstić information content (AvgIpc) is 3.36. The maximum absolute atomic E-state index is 13.9. The number of carbonyl (C=O) groups is 2. The number of aliphatic hydroxyl groups is 1. The molecule has 1 unspecified atom stereocenters. The quantitative estimate of drug-likeness (QED) is 0.567. The molecule has 1 aromatic carbocycles. The van der Waals surface area contributed by atoms with E-state index in [1.165, 1.54) is 18.2 Å². The van der Waals surface area contributed by atoms with Crippen molar-refractivity contribution in [2.45, 2.75) is 51.9 Å². The Balaban J connectivity index is 1.38. The van der Waals surface area contributed by atoms with Gasteiger partial charge in [0.25, 0.3) is 5.91 Å². The summed E-state index contributed by atoms with van der Waals surface area (Å²) in [6, 6.07) is 7.64. The summed E-state index contributed by atoms with van der Waals surface area (Å²) >= 11 is 0. The van der Waals surface area contributed by atoms with E-state index in [0.29, 0.717) is 48.0 Å². The highest BCUT2D eigenvalue weighted by Gasteiger charge is 2.38. The van der Waals surface area contributed by atoms with Crippen molar-refractivity contribution in [2.75, 3.05) is 36.5 Å². The zero-order chi connectivity index (χ0) is 28.1. The number of allylic oxidation sites excluding steroid dienone is 1. The lowest BCUT2D eigenvalue weighted by atomic mass is 9.93. The Kier molecular flexibility index (Phi) is 6.62. The Morgan fingerprint density at radius 3 is 2.69 bits per heavy atom. The van der Waals surface area contributed by atoms with Crippen LogP contribution in [0.15, 0.2) is 48.4 Å². The molecule has 1 atom stereocenters. The normalized spacial score (nSPS) is 22.3. The number of hydrogen-bond acceptors (Lipinski definition) is 7. The number of nitrogens with zero attached hydrogens (tertiary/aromatic N) is 3. The molecule has 39 heavy (non-hydrogen) atoms. The first kappa shape index (κ1) is 26.7. The fraction of sp³-hybridized carbons (Fsp3) is 0.414. The number of pyridine rings is 1. The predicted molar refractivity (Wildman–Crippen MR) is 145 cm³/mol. The van der Waals surface area contributed by atoms with Crippen LogP contribution in [-0.2, 0) is 14.3 Å². The van der Waals surface area contributed by atoms with Crippen molar-refractivity contribution in [2.24, 2.45) is 0 Å². The molecule has 3 aliphatic heterocycles. The van der Waals surface area contributed by atoms with Crippen molar-refractivity contribution in [3.8, 4) is 0 Å². The Morgan fingerprint density at radius 2 is 2.03 bits per heavy atom. The van der Waals surface area contributed by atoms with Gasteiger partial charge in [0.15, 0.2) is 0 Å². The molecule has 0 aliphatic carbocycles. The molecule has 9 nitrogen and oxygen atoms in total. The number of halogens is 1. The Hall–Kier alpha value is -3.92. The van der Waals surface area contributed by atoms with Crippen molar-refractivity contribution in [1.82, 2.24) is 9.88 Å². The first-order chi connectivity index (χ1) is 18.4. The summed E-state index contributed by atoms with van der Waals surface area (Å²) in [5.41, 5.74) is 1.60. The first-order valence-corrected chi connectivity index (χ1v) is 12.9. The molecule has 4 heterocycles. The molecule has 1 aromatic heterocycles. The van der Waals surface area contributed by atoms with Crippen LogP contribution in [0.1, 0.15) is 45.7 Å². The number of hydrogen-bond donors (Lipinski definition) is 2. The number of piperazine rings is 1. The molecule has 2 N–H and O–H groups in total. The van der Waals surface area contributed by atoms with Gasteiger partial charge in [-0.1, -0.05) is 0 Å². The molecular formula is C29H33FN4O5. The Morgan fingerprint density at radius 1 is 1.26 bits per heavy atom. The van der Waals surface area contributed by atoms with Gasteiger partial charge in [0.2, 0.25) is 0 Å². The smallest absolute Gasteiger partial charge is 0.410 e. The zero-order valence-electron chi connectivity index (χ0n) is 22.7. The minimum absolute atomic E-state index is 0.143. The van der Waals surface area contributed by atoms with Gasteiger partial charge >= 0.3 is 6.09 Å². The highest BCUT2D eigenvalue weighted by Crippen LogP contribution is 2.44. The molecular weight excluding hydrogens is 503 g/mol. The van der Waals surface area contributed by atoms with Crippen LogP contribution < -0.4 is 10.2 Å². The summed E-state index contributed by atoms with van der Waals surface area (Å²) < 4.78 is 25.6. The second-order valence-corrected chi connectivity index (χ2v) is 11.4. The molecule has 0 bridgehead atoms. The fourth-order valence-corrected chi connectivity index (χ4v) is 5.12. The molecule has 0 radical (unpaired) electrons. The van der Waals surface area contributed by atoms with Gasteiger partial charge in [-0.3, -0.25) is 4.79 Å². The number of amides is 2. The molecule has 1 saturated heterocycles. The SMILES string of the molecule is CC(C)(C)OC(=O)N1CCN(c2ccc(C3=CC(=C4C(=O)Nc5ccc(F)cc54)OC3(C)C)cn2)C(CO)C1. The third-order valence-corrected chi connectivity index (χ3v) is 6.96. The van der Waals surface area contributed by atoms with E-state index in [-0.39, 0.29) is 18.6 Å². The molecule has 10 heteroatoms. The highest BCUT2D eigenvalue weighted by atomic mass is 19.1. The number of nitrogens with one attached hydrogen (secondary N) is 1. The van der Waals surface area contributed by atoms with Gasteiger partial charge in [-0.05, 0) is 71.0 Å². The van der Waals surface area contributed by atoms with E-state index in [1.807, 2.05) is 57.7 Å². The van der Waals surface area contributed by atoms with Gasteiger partial charge in [-0.2, -0.15) is 0 Å². The van der Waals surface area contributed by atoms with Gasteiger partial charge in [0.05, 0.1) is 18.2 Å². The molecule has 3 aliphatic rings. The van der Waals surface area contributed by atoms with Gasteiger partial charge in [0, 0.05) is 48.2 Å². The van der Waals surface area contributed by atoms with Crippen LogP contribution in [0.3, 0.4) is 0 Å². The van der Waals surface area contributed by atoms with Crippen LogP contribution in [0.2, 0.25) is 0 Å². The van der Waals surface area contributed by atoms with Crippen LogP contribution in [0, 0.1) is 5.82 Å². The van der Waals surface area contributed by atoms with Gasteiger partial charge in [-0.15, -0.1) is 0 Å². The summed E-state index contributed by atoms with van der Waals surface area (Å²) in [4.78, 5) is 33.5. The van der Waals surface area contributed by atoms with Gasteiger partial charge in [-0.25, -0.2) is 14.2 Å². The van der Waals surface area contributed by atoms with Crippen molar-refractivity contribution in [3.63, 3.8) is 0 Å². The first-order valence-electron chi connectivity index (χ1n) is 12.9. The molecule has 2 aromatic rings. The Bertz CT molecular complexity index is 1380. The third kappa shape index (κ3) is 5.21. The average molecular weight is 537 g/mol. The van der Waals surface area contributed by atoms with Gasteiger partial charge < -0.3 is 29.7 Å². The number of benzene rings is 1. The second-order valence-electron chi connectivity index (χ2n) is 11.4. The van der Waals surface area contributed by atoms with E-state index in [0.717, 1.165) is 11.1 Å². The van der Waals surface area contributed by atoms with Crippen molar-refractivity contribution >= 4 is 34.7 Å². The molecule has 5 rings (SSSR count). The summed E-state index contributed by atoms with van der Waals surface area (Å²) in [6.45, 7) is 10.4. The minimum atomic E-state index is -0.755. The second kappa shape index (κ2) is 9.68. The largest absolute Gasteiger partial charge is 0.482 e. The van der Waals surface area contributed by atoms with E-state index in [9.17, 15) is 19.1 Å². The van der Waals surface area contributed by atoms with Crippen LogP contribution in [0.4, 0.5) is 20.7 Å². The molecule has 1 fully saturated rings. The monoisotopic (exact) mass is 536 g/mol. The highest BCUT2D eigenvalue weighted by molar-refractivity contribution is 6.32. The maximum Gasteiger partial charge on any atom is 0.410 e. The van der Waals surface area contributed by atoms with E-state index >= 15 is 0 Å². The molecule has 2 amide bonds. The van der Waals surface area contributed by atoms with Gasteiger partial charge in [0.1, 0.15) is 28.6 Å². The van der Waals surface area contributed by atoms with Crippen molar-refractivity contribution in [3.05, 3.63) is 65.3 Å². The van der Waals surface area contributed by atoms with Crippen LogP contribution in [-0.4, -0.2) is 70.5 Å². The topological polar surface area (TPSA) is 104 Å². The van der Waals surface area contributed by atoms with E-state index in [1.54, 1.807) is 11.1 Å². The number of carbonyl (C=O) groups excluding carboxylic acids is 2. The van der Waals surface area contributed by atoms with Crippen LogP contribution >= 0.6 is 0 Å². The lowest BCUT2D eigenvalue weighted by Gasteiger charge is -2.41. The summed E-state index contributed by atoms with van der Waals surface area (Å²) in [5.74, 6) is 0.280. The lowest BCUT2D eigenvalue weighted by molar-refractivity contribution is -0.111. The summed E-state index contributed by atoms with van der Waals surface area (Å²) in [5, 5.41) is 12.8. The van der Waals surface area contributed by atoms with Crippen LogP contribution in [0.25, 0.3) is 11.1 Å². The summed E-state index contributed by atoms with van der Waals surface area (Å²) in [7, 11) is 0. The maximum atomic E-state index is 13.9. The van der Waals surface area contributed by atoms with E-state index < -0.39 is 23.1 Å². The number of fused-ring (bicyclic) bond motifs is 1. The minimum Gasteiger partial charge on any atom is -0.482 e. The Labute approximate surface area is 226 Å². The van der Waals surface area contributed by atoms with Crippen LogP contribution in [0.5, 0.6) is 0 Å². The summed E-state index contributed by atoms with van der Waals surface area (Å²) in [6.07, 6.45) is 3.14. The number of anilines is 2. The zero-order valence-corrected chi connectivity index (χ0v) is 22.7. The standard InChI is InChI=1S/C29H33FN4O5/c1-28(2,3)39-27(37)33-10-11-34(19(15-33)16-35)24-9-6-17(14-31-24)21-13-23(38-29(21,4)5)25-20-12-18(30)7-8-22(20)32-26(25)36/h6-9,12-14,19,35H,10-11,15-16H2,1-5H3,(H,32,36). The predicted octanol–water partition coefficient (Wildman–Crippen LogP) is 4.19. The molecule has 0 spiro atoms. The molecule has 0 saturated carbocycles. The van der Waals surface area contributed by atoms with Crippen molar-refractivity contribution < 1.29 is 28.6 Å². The number of aromatic nitrogens is 1. The number of ether oxygens (including phenoxy) is 2. The van der Waals surface area contributed by atoms with Crippen molar-refractivity contribution in [1.29, 1.82) is 0 Å². The third-order valence-electron chi connectivity index (χ3n) is 6.96. The lowest BCUT2D eigenvalue weighted by Crippen LogP contribution is -2.57. The van der Waals surface area contributed by atoms with E-state index in [2.05, 4.69) is 10.3 Å².